The van der Waals surface area contributed by atoms with Gasteiger partial charge in [0, 0.05) is 6.42 Å². The smallest absolute Gasteiger partial charge is 0.305 e. The van der Waals surface area contributed by atoms with Crippen LogP contribution in [-0.2, 0) is 9.53 Å². The molecule has 0 aliphatic heterocycles. The van der Waals surface area contributed by atoms with Crippen molar-refractivity contribution in [3.05, 3.63) is 29.3 Å². The van der Waals surface area contributed by atoms with Gasteiger partial charge in [-0.25, -0.2) is 0 Å². The van der Waals surface area contributed by atoms with Crippen LogP contribution in [0, 0.1) is 0 Å². The number of hydrogen-bond donors (Lipinski definition) is 1. The van der Waals surface area contributed by atoms with Crippen LogP contribution in [0.2, 0.25) is 0 Å². The van der Waals surface area contributed by atoms with Crippen molar-refractivity contribution in [2.24, 2.45) is 0 Å². The zero-order chi connectivity index (χ0) is 15.1. The van der Waals surface area contributed by atoms with Crippen molar-refractivity contribution in [3.8, 4) is 5.75 Å². The highest BCUT2D eigenvalue weighted by atomic mass is 16.5. The summed E-state index contributed by atoms with van der Waals surface area (Å²) in [6.45, 7) is 4.18. The summed E-state index contributed by atoms with van der Waals surface area (Å²) in [5.41, 5.74) is 1.94. The second kappa shape index (κ2) is 7.90. The summed E-state index contributed by atoms with van der Waals surface area (Å²) in [6.07, 6.45) is 0.916. The lowest BCUT2D eigenvalue weighted by Gasteiger charge is -2.16. The molecule has 0 saturated heterocycles. The number of aliphatic hydroxyl groups is 1. The highest BCUT2D eigenvalue weighted by molar-refractivity contribution is 5.69. The lowest BCUT2D eigenvalue weighted by Crippen LogP contribution is -2.04. The Bertz CT molecular complexity index is 440. The molecule has 0 heterocycles. The fourth-order valence-electron chi connectivity index (χ4n) is 2.12. The predicted molar refractivity (Wildman–Crippen MR) is 77.9 cm³/mol. The number of rotatable bonds is 7. The van der Waals surface area contributed by atoms with Crippen LogP contribution in [0.3, 0.4) is 0 Å². The lowest BCUT2D eigenvalue weighted by molar-refractivity contribution is -0.140. The summed E-state index contributed by atoms with van der Waals surface area (Å²) in [5, 5.41) is 10.2. The van der Waals surface area contributed by atoms with Crippen LogP contribution >= 0.6 is 0 Å². The number of methoxy groups -OCH3 is 2. The molecule has 0 aliphatic carbocycles. The van der Waals surface area contributed by atoms with Crippen molar-refractivity contribution in [2.75, 3.05) is 14.2 Å². The first-order valence-electron chi connectivity index (χ1n) is 6.92. The van der Waals surface area contributed by atoms with Gasteiger partial charge < -0.3 is 14.6 Å². The van der Waals surface area contributed by atoms with E-state index >= 15 is 0 Å². The van der Waals surface area contributed by atoms with E-state index in [-0.39, 0.29) is 5.97 Å². The van der Waals surface area contributed by atoms with Crippen LogP contribution in [0.5, 0.6) is 5.75 Å². The van der Waals surface area contributed by atoms with Crippen molar-refractivity contribution in [1.82, 2.24) is 0 Å². The van der Waals surface area contributed by atoms with Gasteiger partial charge in [-0.3, -0.25) is 4.79 Å². The molecule has 20 heavy (non-hydrogen) atoms. The molecule has 112 valence electrons. The van der Waals surface area contributed by atoms with Gasteiger partial charge in [0.15, 0.2) is 0 Å². The minimum Gasteiger partial charge on any atom is -0.496 e. The normalized spacial score (nSPS) is 12.3. The Hall–Kier alpha value is -1.55. The Morgan fingerprint density at radius 1 is 1.30 bits per heavy atom. The summed E-state index contributed by atoms with van der Waals surface area (Å²) < 4.78 is 9.91. The number of esters is 1. The molecule has 0 bridgehead atoms. The summed E-state index contributed by atoms with van der Waals surface area (Å²) in [7, 11) is 3.02. The molecule has 0 aromatic heterocycles. The summed E-state index contributed by atoms with van der Waals surface area (Å²) in [5.74, 6) is 0.924. The first-order chi connectivity index (χ1) is 9.49. The van der Waals surface area contributed by atoms with E-state index in [0.29, 0.717) is 25.2 Å². The largest absolute Gasteiger partial charge is 0.496 e. The standard InChI is InChI=1S/C16H24O4/c1-11(2)13-10-12(8-9-15(13)19-3)14(17)6-5-7-16(18)20-4/h8-11,14,17H,5-7H2,1-4H3. The van der Waals surface area contributed by atoms with E-state index in [1.54, 1.807) is 7.11 Å². The fourth-order valence-corrected chi connectivity index (χ4v) is 2.12. The quantitative estimate of drug-likeness (QED) is 0.779. The Labute approximate surface area is 120 Å². The third-order valence-electron chi connectivity index (χ3n) is 3.35. The van der Waals surface area contributed by atoms with Crippen LogP contribution in [-0.4, -0.2) is 25.3 Å². The monoisotopic (exact) mass is 280 g/mol. The highest BCUT2D eigenvalue weighted by Gasteiger charge is 2.13. The van der Waals surface area contributed by atoms with Crippen molar-refractivity contribution >= 4 is 5.97 Å². The molecule has 4 heteroatoms. The average molecular weight is 280 g/mol. The van der Waals surface area contributed by atoms with Gasteiger partial charge in [-0.1, -0.05) is 19.9 Å². The van der Waals surface area contributed by atoms with E-state index in [2.05, 4.69) is 18.6 Å². The number of hydrogen-bond acceptors (Lipinski definition) is 4. The van der Waals surface area contributed by atoms with Gasteiger partial charge in [0.05, 0.1) is 20.3 Å². The Balaban J connectivity index is 2.70. The maximum atomic E-state index is 11.0. The number of benzene rings is 1. The molecule has 1 aromatic carbocycles. The van der Waals surface area contributed by atoms with Crippen LogP contribution < -0.4 is 4.74 Å². The number of carbonyl (C=O) groups is 1. The molecule has 0 amide bonds. The van der Waals surface area contributed by atoms with Crippen molar-refractivity contribution in [1.29, 1.82) is 0 Å². The van der Waals surface area contributed by atoms with Gasteiger partial charge in [-0.2, -0.15) is 0 Å². The molecule has 1 unspecified atom stereocenters. The second-order valence-corrected chi connectivity index (χ2v) is 5.14. The maximum absolute atomic E-state index is 11.0. The van der Waals surface area contributed by atoms with Crippen molar-refractivity contribution in [2.45, 2.75) is 45.1 Å². The lowest BCUT2D eigenvalue weighted by atomic mass is 9.96. The maximum Gasteiger partial charge on any atom is 0.305 e. The van der Waals surface area contributed by atoms with Crippen LogP contribution in [0.15, 0.2) is 18.2 Å². The predicted octanol–water partition coefficient (Wildman–Crippen LogP) is 3.20. The van der Waals surface area contributed by atoms with E-state index in [1.165, 1.54) is 7.11 Å². The molecule has 0 aliphatic rings. The van der Waals surface area contributed by atoms with E-state index in [4.69, 9.17) is 4.74 Å². The first-order valence-corrected chi connectivity index (χ1v) is 6.92. The Kier molecular flexibility index (Phi) is 6.52. The third kappa shape index (κ3) is 4.53. The molecule has 0 spiro atoms. The van der Waals surface area contributed by atoms with E-state index in [1.807, 2.05) is 18.2 Å². The van der Waals surface area contributed by atoms with Crippen molar-refractivity contribution < 1.29 is 19.4 Å². The van der Waals surface area contributed by atoms with E-state index in [0.717, 1.165) is 16.9 Å². The molecular formula is C16H24O4. The Morgan fingerprint density at radius 2 is 2.00 bits per heavy atom. The fraction of sp³-hybridized carbons (Fsp3) is 0.562. The zero-order valence-electron chi connectivity index (χ0n) is 12.7. The SMILES string of the molecule is COC(=O)CCCC(O)c1ccc(OC)c(C(C)C)c1. The Morgan fingerprint density at radius 3 is 2.55 bits per heavy atom. The van der Waals surface area contributed by atoms with Crippen LogP contribution in [0.4, 0.5) is 0 Å². The average Bonchev–Trinajstić information content (AvgIpc) is 2.45. The summed E-state index contributed by atoms with van der Waals surface area (Å²) in [4.78, 5) is 11.0. The number of ether oxygens (including phenoxy) is 2. The van der Waals surface area contributed by atoms with Gasteiger partial charge >= 0.3 is 5.97 Å². The number of carbonyl (C=O) groups excluding carboxylic acids is 1. The van der Waals surface area contributed by atoms with E-state index in [9.17, 15) is 9.90 Å². The molecule has 1 aromatic rings. The van der Waals surface area contributed by atoms with Crippen LogP contribution in [0.25, 0.3) is 0 Å². The topological polar surface area (TPSA) is 55.8 Å². The highest BCUT2D eigenvalue weighted by Crippen LogP contribution is 2.30. The van der Waals surface area contributed by atoms with Crippen molar-refractivity contribution in [3.63, 3.8) is 0 Å². The van der Waals surface area contributed by atoms with Gasteiger partial charge in [-0.15, -0.1) is 0 Å². The molecule has 4 nitrogen and oxygen atoms in total. The van der Waals surface area contributed by atoms with Gasteiger partial charge in [-0.05, 0) is 42.0 Å². The molecule has 0 fully saturated rings. The van der Waals surface area contributed by atoms with Gasteiger partial charge in [0.1, 0.15) is 5.75 Å². The molecule has 0 saturated carbocycles. The van der Waals surface area contributed by atoms with E-state index < -0.39 is 6.10 Å². The van der Waals surface area contributed by atoms with Gasteiger partial charge in [0.2, 0.25) is 0 Å². The molecular weight excluding hydrogens is 256 g/mol. The minimum atomic E-state index is -0.567. The van der Waals surface area contributed by atoms with Crippen LogP contribution in [0.1, 0.15) is 56.3 Å². The second-order valence-electron chi connectivity index (χ2n) is 5.14. The summed E-state index contributed by atoms with van der Waals surface area (Å²) >= 11 is 0. The number of aliphatic hydroxyl groups excluding tert-OH is 1. The third-order valence-corrected chi connectivity index (χ3v) is 3.35. The first kappa shape index (κ1) is 16.5. The van der Waals surface area contributed by atoms with Gasteiger partial charge in [0.25, 0.3) is 0 Å². The molecule has 0 radical (unpaired) electrons. The molecule has 1 rings (SSSR count). The molecule has 1 atom stereocenters. The summed E-state index contributed by atoms with van der Waals surface area (Å²) in [6, 6.07) is 5.73. The zero-order valence-corrected chi connectivity index (χ0v) is 12.7. The minimum absolute atomic E-state index is 0.241. The molecule has 1 N–H and O–H groups in total.